The number of hydrogen-bond donors (Lipinski definition) is 1. The fourth-order valence-electron chi connectivity index (χ4n) is 3.23. The van der Waals surface area contributed by atoms with Gasteiger partial charge in [-0.05, 0) is 38.3 Å². The number of aromatic nitrogens is 4. The Labute approximate surface area is 144 Å². The van der Waals surface area contributed by atoms with Gasteiger partial charge < -0.3 is 5.73 Å². The van der Waals surface area contributed by atoms with Gasteiger partial charge in [0.1, 0.15) is 12.1 Å². The first-order valence-corrected chi connectivity index (χ1v) is 8.30. The zero-order valence-electron chi connectivity index (χ0n) is 14.2. The Morgan fingerprint density at radius 2 is 2.08 bits per heavy atom. The second kappa shape index (κ2) is 5.54. The molecule has 0 atom stereocenters. The second-order valence-electron chi connectivity index (χ2n) is 6.70. The lowest BCUT2D eigenvalue weighted by Gasteiger charge is -2.10. The molecule has 1 aliphatic carbocycles. The van der Waals surface area contributed by atoms with E-state index in [0.717, 1.165) is 40.7 Å². The number of primary amides is 1. The molecular formula is C18H19N5O2. The van der Waals surface area contributed by atoms with Crippen molar-refractivity contribution in [3.8, 4) is 5.69 Å². The third-order valence-corrected chi connectivity index (χ3v) is 4.56. The van der Waals surface area contributed by atoms with Crippen LogP contribution in [0.2, 0.25) is 0 Å². The number of benzene rings is 1. The zero-order chi connectivity index (χ0) is 17.7. The normalized spacial score (nSPS) is 14.2. The molecule has 1 amide bonds. The summed E-state index contributed by atoms with van der Waals surface area (Å²) in [6.07, 6.45) is 3.77. The molecule has 0 radical (unpaired) electrons. The maximum atomic E-state index is 12.9. The van der Waals surface area contributed by atoms with Crippen molar-refractivity contribution in [1.82, 2.24) is 19.6 Å². The summed E-state index contributed by atoms with van der Waals surface area (Å²) >= 11 is 0. The summed E-state index contributed by atoms with van der Waals surface area (Å²) in [4.78, 5) is 24.3. The van der Waals surface area contributed by atoms with Crippen LogP contribution in [-0.4, -0.2) is 25.5 Å². The van der Waals surface area contributed by atoms with Crippen molar-refractivity contribution in [2.75, 3.05) is 0 Å². The number of rotatable bonds is 4. The van der Waals surface area contributed by atoms with E-state index < -0.39 is 5.91 Å². The Balaban J connectivity index is 2.02. The van der Waals surface area contributed by atoms with Crippen LogP contribution < -0.4 is 11.3 Å². The summed E-state index contributed by atoms with van der Waals surface area (Å²) in [5.41, 5.74) is 9.22. The average Bonchev–Trinajstić information content (AvgIpc) is 3.29. The highest BCUT2D eigenvalue weighted by Crippen LogP contribution is 2.41. The molecule has 128 valence electrons. The Kier molecular flexibility index (Phi) is 3.45. The third kappa shape index (κ3) is 2.61. The minimum atomic E-state index is -0.590. The standard InChI is InChI=1S/C18H19N5O2/c1-10-3-6-14(11(2)7-10)23-17-13(8-20-23)16(12-4-5-12)21-22(18(17)25)9-15(19)24/h3,6-8,12H,4-5,9H2,1-2H3,(H2,19,24). The van der Waals surface area contributed by atoms with Gasteiger partial charge in [-0.15, -0.1) is 0 Å². The predicted molar refractivity (Wildman–Crippen MR) is 93.8 cm³/mol. The molecule has 25 heavy (non-hydrogen) atoms. The van der Waals surface area contributed by atoms with Gasteiger partial charge in [0.15, 0.2) is 0 Å². The molecule has 0 bridgehead atoms. The Morgan fingerprint density at radius 1 is 1.32 bits per heavy atom. The van der Waals surface area contributed by atoms with E-state index in [4.69, 9.17) is 5.73 Å². The second-order valence-corrected chi connectivity index (χ2v) is 6.70. The van der Waals surface area contributed by atoms with Crippen molar-refractivity contribution < 1.29 is 4.79 Å². The van der Waals surface area contributed by atoms with Crippen LogP contribution in [-0.2, 0) is 11.3 Å². The van der Waals surface area contributed by atoms with E-state index in [2.05, 4.69) is 10.2 Å². The number of nitrogens with zero attached hydrogens (tertiary/aromatic N) is 4. The molecule has 4 rings (SSSR count). The maximum absolute atomic E-state index is 12.9. The average molecular weight is 337 g/mol. The number of carbonyl (C=O) groups excluding carboxylic acids is 1. The van der Waals surface area contributed by atoms with Crippen molar-refractivity contribution in [2.45, 2.75) is 39.2 Å². The van der Waals surface area contributed by atoms with Gasteiger partial charge in [-0.3, -0.25) is 9.59 Å². The number of amides is 1. The molecule has 0 saturated heterocycles. The highest BCUT2D eigenvalue weighted by atomic mass is 16.2. The van der Waals surface area contributed by atoms with Crippen LogP contribution in [0.5, 0.6) is 0 Å². The summed E-state index contributed by atoms with van der Waals surface area (Å²) < 4.78 is 2.82. The maximum Gasteiger partial charge on any atom is 0.293 e. The van der Waals surface area contributed by atoms with Crippen LogP contribution in [0.15, 0.2) is 29.2 Å². The summed E-state index contributed by atoms with van der Waals surface area (Å²) in [5.74, 6) is -0.271. The van der Waals surface area contributed by atoms with E-state index in [0.29, 0.717) is 11.4 Å². The number of nitrogens with two attached hydrogens (primary N) is 1. The van der Waals surface area contributed by atoms with Gasteiger partial charge in [0.05, 0.1) is 17.6 Å². The van der Waals surface area contributed by atoms with Gasteiger partial charge in [-0.1, -0.05) is 17.7 Å². The van der Waals surface area contributed by atoms with E-state index in [1.54, 1.807) is 10.9 Å². The van der Waals surface area contributed by atoms with E-state index >= 15 is 0 Å². The van der Waals surface area contributed by atoms with Gasteiger partial charge in [0.25, 0.3) is 5.56 Å². The van der Waals surface area contributed by atoms with Crippen molar-refractivity contribution >= 4 is 16.8 Å². The molecule has 0 unspecified atom stereocenters. The van der Waals surface area contributed by atoms with Crippen molar-refractivity contribution in [3.63, 3.8) is 0 Å². The lowest BCUT2D eigenvalue weighted by molar-refractivity contribution is -0.118. The predicted octanol–water partition coefficient (Wildman–Crippen LogP) is 1.56. The van der Waals surface area contributed by atoms with E-state index in [1.807, 2.05) is 32.0 Å². The van der Waals surface area contributed by atoms with Gasteiger partial charge >= 0.3 is 0 Å². The minimum Gasteiger partial charge on any atom is -0.368 e. The number of fused-ring (bicyclic) bond motifs is 1. The lowest BCUT2D eigenvalue weighted by Crippen LogP contribution is -2.31. The van der Waals surface area contributed by atoms with Gasteiger partial charge in [-0.25, -0.2) is 9.36 Å². The third-order valence-electron chi connectivity index (χ3n) is 4.56. The van der Waals surface area contributed by atoms with Gasteiger partial charge in [0, 0.05) is 11.3 Å². The largest absolute Gasteiger partial charge is 0.368 e. The molecule has 1 aromatic carbocycles. The smallest absolute Gasteiger partial charge is 0.293 e. The first-order valence-electron chi connectivity index (χ1n) is 8.30. The van der Waals surface area contributed by atoms with Crippen LogP contribution in [0.1, 0.15) is 35.6 Å². The molecule has 1 saturated carbocycles. The molecule has 7 nitrogen and oxygen atoms in total. The topological polar surface area (TPSA) is 95.8 Å². The van der Waals surface area contributed by atoms with Gasteiger partial charge in [0.2, 0.25) is 5.91 Å². The molecule has 2 heterocycles. The molecule has 7 heteroatoms. The molecular weight excluding hydrogens is 318 g/mol. The first kappa shape index (κ1) is 15.6. The molecule has 1 aliphatic rings. The monoisotopic (exact) mass is 337 g/mol. The SMILES string of the molecule is Cc1ccc(-n2ncc3c(C4CC4)nn(CC(N)=O)c(=O)c32)c(C)c1. The van der Waals surface area contributed by atoms with E-state index in [1.165, 1.54) is 4.68 Å². The fourth-order valence-corrected chi connectivity index (χ4v) is 3.23. The van der Waals surface area contributed by atoms with Crippen molar-refractivity contribution in [3.05, 3.63) is 51.6 Å². The number of aryl methyl sites for hydroxylation is 2. The van der Waals surface area contributed by atoms with E-state index in [-0.39, 0.29) is 12.1 Å². The minimum absolute atomic E-state index is 0.230. The van der Waals surface area contributed by atoms with Crippen molar-refractivity contribution in [1.29, 1.82) is 0 Å². The van der Waals surface area contributed by atoms with Gasteiger partial charge in [-0.2, -0.15) is 10.2 Å². The number of hydrogen-bond acceptors (Lipinski definition) is 4. The highest BCUT2D eigenvalue weighted by molar-refractivity contribution is 5.83. The molecule has 0 aliphatic heterocycles. The van der Waals surface area contributed by atoms with Crippen LogP contribution >= 0.6 is 0 Å². The lowest BCUT2D eigenvalue weighted by atomic mass is 10.1. The van der Waals surface area contributed by atoms with Crippen LogP contribution in [0.4, 0.5) is 0 Å². The zero-order valence-corrected chi connectivity index (χ0v) is 14.2. The summed E-state index contributed by atoms with van der Waals surface area (Å²) in [5, 5.41) is 9.61. The molecule has 0 spiro atoms. The number of carbonyl (C=O) groups is 1. The summed E-state index contributed by atoms with van der Waals surface area (Å²) in [6.45, 7) is 3.78. The molecule has 2 N–H and O–H groups in total. The summed E-state index contributed by atoms with van der Waals surface area (Å²) in [6, 6.07) is 5.99. The quantitative estimate of drug-likeness (QED) is 0.781. The molecule has 1 fully saturated rings. The highest BCUT2D eigenvalue weighted by Gasteiger charge is 2.30. The Bertz CT molecular complexity index is 1060. The van der Waals surface area contributed by atoms with Crippen LogP contribution in [0, 0.1) is 13.8 Å². The van der Waals surface area contributed by atoms with Crippen LogP contribution in [0.3, 0.4) is 0 Å². The molecule has 3 aromatic rings. The Morgan fingerprint density at radius 3 is 2.72 bits per heavy atom. The van der Waals surface area contributed by atoms with Crippen molar-refractivity contribution in [2.24, 2.45) is 5.73 Å². The fraction of sp³-hybridized carbons (Fsp3) is 0.333. The summed E-state index contributed by atoms with van der Waals surface area (Å²) in [7, 11) is 0. The first-order chi connectivity index (χ1) is 12.0. The Hall–Kier alpha value is -2.96. The van der Waals surface area contributed by atoms with E-state index in [9.17, 15) is 9.59 Å². The van der Waals surface area contributed by atoms with Crippen LogP contribution in [0.25, 0.3) is 16.6 Å². The molecule has 2 aromatic heterocycles.